The first kappa shape index (κ1) is 17.9. The molecule has 0 aliphatic rings. The number of fused-ring (bicyclic) bond motifs is 1. The predicted octanol–water partition coefficient (Wildman–Crippen LogP) is 4.41. The quantitative estimate of drug-likeness (QED) is 0.538. The van der Waals surface area contributed by atoms with Crippen LogP contribution in [-0.4, -0.2) is 23.0 Å². The maximum atomic E-state index is 13.6. The molecule has 0 radical (unpaired) electrons. The number of nitrogens with zero attached hydrogens (tertiary/aromatic N) is 2. The highest BCUT2D eigenvalue weighted by atomic mass is 35.5. The van der Waals surface area contributed by atoms with Crippen LogP contribution in [0.1, 0.15) is 12.5 Å². The highest BCUT2D eigenvalue weighted by Crippen LogP contribution is 2.35. The Morgan fingerprint density at radius 1 is 1.19 bits per heavy atom. The third-order valence-corrected chi connectivity index (χ3v) is 3.98. The molecule has 0 aliphatic carbocycles. The number of aryl methyl sites for hydroxylation is 1. The second kappa shape index (κ2) is 7.13. The molecular formula is C18H15ClFN3O3. The maximum absolute atomic E-state index is 13.6. The van der Waals surface area contributed by atoms with Gasteiger partial charge in [0.15, 0.2) is 11.5 Å². The van der Waals surface area contributed by atoms with E-state index in [4.69, 9.17) is 21.1 Å². The lowest BCUT2D eigenvalue weighted by Crippen LogP contribution is -2.04. The van der Waals surface area contributed by atoms with Crippen LogP contribution in [0.3, 0.4) is 0 Å². The summed E-state index contributed by atoms with van der Waals surface area (Å²) in [5.74, 6) is 0.105. The molecule has 134 valence electrons. The summed E-state index contributed by atoms with van der Waals surface area (Å²) in [4.78, 5) is 19.8. The Hall–Kier alpha value is -2.93. The van der Waals surface area contributed by atoms with Gasteiger partial charge in [-0.3, -0.25) is 4.79 Å². The van der Waals surface area contributed by atoms with Crippen molar-refractivity contribution in [2.24, 2.45) is 0 Å². The lowest BCUT2D eigenvalue weighted by molar-refractivity contribution is -0.132. The summed E-state index contributed by atoms with van der Waals surface area (Å²) >= 11 is 5.87. The highest BCUT2D eigenvalue weighted by molar-refractivity contribution is 6.31. The molecule has 0 saturated heterocycles. The second-order valence-electron chi connectivity index (χ2n) is 5.54. The van der Waals surface area contributed by atoms with Crippen LogP contribution in [-0.2, 0) is 4.79 Å². The molecule has 3 rings (SSSR count). The van der Waals surface area contributed by atoms with Crippen molar-refractivity contribution in [3.05, 3.63) is 47.0 Å². The van der Waals surface area contributed by atoms with Crippen LogP contribution in [0.5, 0.6) is 11.5 Å². The average molecular weight is 376 g/mol. The molecule has 1 heterocycles. The Balaban J connectivity index is 2.11. The fraction of sp³-hybridized carbons (Fsp3) is 0.167. The summed E-state index contributed by atoms with van der Waals surface area (Å²) in [6.45, 7) is 3.05. The van der Waals surface area contributed by atoms with Gasteiger partial charge in [0.2, 0.25) is 0 Å². The van der Waals surface area contributed by atoms with E-state index in [-0.39, 0.29) is 10.8 Å². The SMILES string of the molecule is COc1cc2ncnc(Nc3cc(Cl)c(F)cc3C)c2cc1OC(C)=O. The molecule has 1 N–H and O–H groups in total. The van der Waals surface area contributed by atoms with Gasteiger partial charge in [0.1, 0.15) is 18.0 Å². The van der Waals surface area contributed by atoms with Crippen molar-refractivity contribution >= 4 is 40.0 Å². The van der Waals surface area contributed by atoms with Gasteiger partial charge < -0.3 is 14.8 Å². The number of halogens is 2. The first-order valence-corrected chi connectivity index (χ1v) is 8.00. The Labute approximate surface area is 153 Å². The molecule has 0 spiro atoms. The third-order valence-electron chi connectivity index (χ3n) is 3.69. The van der Waals surface area contributed by atoms with E-state index in [2.05, 4.69) is 15.3 Å². The monoisotopic (exact) mass is 375 g/mol. The van der Waals surface area contributed by atoms with E-state index >= 15 is 0 Å². The van der Waals surface area contributed by atoms with E-state index in [0.717, 1.165) is 0 Å². The van der Waals surface area contributed by atoms with Crippen molar-refractivity contribution in [1.29, 1.82) is 0 Å². The molecule has 0 amide bonds. The standard InChI is InChI=1S/C18H15ClFN3O3/c1-9-4-13(20)12(19)6-14(9)23-18-11-5-17(26-10(2)24)16(25-3)7-15(11)21-8-22-18/h4-8H,1-3H3,(H,21,22,23). The molecular weight excluding hydrogens is 361 g/mol. The van der Waals surface area contributed by atoms with E-state index in [0.29, 0.717) is 33.7 Å². The van der Waals surface area contributed by atoms with Gasteiger partial charge in [0.05, 0.1) is 17.6 Å². The number of hydrogen-bond acceptors (Lipinski definition) is 6. The Kier molecular flexibility index (Phi) is 4.90. The zero-order valence-electron chi connectivity index (χ0n) is 14.3. The van der Waals surface area contributed by atoms with Crippen LogP contribution < -0.4 is 14.8 Å². The number of carbonyl (C=O) groups excluding carboxylic acids is 1. The van der Waals surface area contributed by atoms with E-state index in [1.807, 2.05) is 0 Å². The number of anilines is 2. The zero-order chi connectivity index (χ0) is 18.8. The molecule has 6 nitrogen and oxygen atoms in total. The van der Waals surface area contributed by atoms with Gasteiger partial charge in [-0.05, 0) is 30.7 Å². The predicted molar refractivity (Wildman–Crippen MR) is 96.8 cm³/mol. The van der Waals surface area contributed by atoms with Crippen molar-refractivity contribution in [1.82, 2.24) is 9.97 Å². The maximum Gasteiger partial charge on any atom is 0.308 e. The van der Waals surface area contributed by atoms with Crippen molar-refractivity contribution < 1.29 is 18.7 Å². The van der Waals surface area contributed by atoms with Gasteiger partial charge in [0.25, 0.3) is 0 Å². The number of esters is 1. The minimum absolute atomic E-state index is 0.00117. The molecule has 0 unspecified atom stereocenters. The molecule has 0 aliphatic heterocycles. The van der Waals surface area contributed by atoms with Gasteiger partial charge in [-0.1, -0.05) is 11.6 Å². The lowest BCUT2D eigenvalue weighted by Gasteiger charge is -2.14. The molecule has 26 heavy (non-hydrogen) atoms. The summed E-state index contributed by atoms with van der Waals surface area (Å²) in [6.07, 6.45) is 1.38. The van der Waals surface area contributed by atoms with Gasteiger partial charge in [-0.25, -0.2) is 14.4 Å². The first-order valence-electron chi connectivity index (χ1n) is 7.63. The fourth-order valence-electron chi connectivity index (χ4n) is 2.47. The topological polar surface area (TPSA) is 73.3 Å². The van der Waals surface area contributed by atoms with Crippen LogP contribution >= 0.6 is 11.6 Å². The van der Waals surface area contributed by atoms with Crippen LogP contribution in [0, 0.1) is 12.7 Å². The van der Waals surface area contributed by atoms with E-state index in [9.17, 15) is 9.18 Å². The summed E-state index contributed by atoms with van der Waals surface area (Å²) in [5.41, 5.74) is 1.84. The normalized spacial score (nSPS) is 10.7. The minimum atomic E-state index is -0.496. The summed E-state index contributed by atoms with van der Waals surface area (Å²) in [7, 11) is 1.47. The van der Waals surface area contributed by atoms with Crippen LogP contribution in [0.2, 0.25) is 5.02 Å². The van der Waals surface area contributed by atoms with Crippen LogP contribution in [0.4, 0.5) is 15.9 Å². The van der Waals surface area contributed by atoms with E-state index in [1.165, 1.54) is 32.5 Å². The average Bonchev–Trinajstić information content (AvgIpc) is 2.59. The number of methoxy groups -OCH3 is 1. The Bertz CT molecular complexity index is 1010. The van der Waals surface area contributed by atoms with Crippen LogP contribution in [0.25, 0.3) is 10.9 Å². The molecule has 0 fully saturated rings. The van der Waals surface area contributed by atoms with Gasteiger partial charge in [0, 0.05) is 24.1 Å². The number of aromatic nitrogens is 2. The van der Waals surface area contributed by atoms with Crippen molar-refractivity contribution in [2.45, 2.75) is 13.8 Å². The molecule has 0 saturated carbocycles. The van der Waals surface area contributed by atoms with Gasteiger partial charge >= 0.3 is 5.97 Å². The van der Waals surface area contributed by atoms with Crippen LogP contribution in [0.15, 0.2) is 30.6 Å². The summed E-state index contributed by atoms with van der Waals surface area (Å²) in [5, 5.41) is 3.72. The number of ether oxygens (including phenoxy) is 2. The smallest absolute Gasteiger partial charge is 0.308 e. The minimum Gasteiger partial charge on any atom is -0.493 e. The number of benzene rings is 2. The van der Waals surface area contributed by atoms with Crippen molar-refractivity contribution in [3.8, 4) is 11.5 Å². The molecule has 0 atom stereocenters. The third kappa shape index (κ3) is 3.52. The summed E-state index contributed by atoms with van der Waals surface area (Å²) < 4.78 is 24.0. The van der Waals surface area contributed by atoms with Gasteiger partial charge in [-0.15, -0.1) is 0 Å². The number of hydrogen-bond donors (Lipinski definition) is 1. The van der Waals surface area contributed by atoms with Gasteiger partial charge in [-0.2, -0.15) is 0 Å². The Morgan fingerprint density at radius 3 is 2.65 bits per heavy atom. The van der Waals surface area contributed by atoms with E-state index in [1.54, 1.807) is 19.1 Å². The number of nitrogens with one attached hydrogen (secondary N) is 1. The van der Waals surface area contributed by atoms with E-state index < -0.39 is 11.8 Å². The molecule has 1 aromatic heterocycles. The fourth-order valence-corrected chi connectivity index (χ4v) is 2.63. The van der Waals surface area contributed by atoms with Crippen molar-refractivity contribution in [2.75, 3.05) is 12.4 Å². The molecule has 2 aromatic carbocycles. The lowest BCUT2D eigenvalue weighted by atomic mass is 10.1. The van der Waals surface area contributed by atoms with Crippen molar-refractivity contribution in [3.63, 3.8) is 0 Å². The molecule has 8 heteroatoms. The molecule has 0 bridgehead atoms. The summed E-state index contributed by atoms with van der Waals surface area (Å²) in [6, 6.07) is 6.07. The second-order valence-corrected chi connectivity index (χ2v) is 5.95. The Morgan fingerprint density at radius 2 is 1.96 bits per heavy atom. The first-order chi connectivity index (χ1) is 12.4. The molecule has 3 aromatic rings. The number of rotatable bonds is 4. The number of carbonyl (C=O) groups is 1. The zero-order valence-corrected chi connectivity index (χ0v) is 15.0. The highest BCUT2D eigenvalue weighted by Gasteiger charge is 2.14. The largest absolute Gasteiger partial charge is 0.493 e.